The smallest absolute Gasteiger partial charge is 0.408 e. The molecule has 1 amide bonds. The van der Waals surface area contributed by atoms with Crippen molar-refractivity contribution in [2.24, 2.45) is 0 Å². The molecule has 0 spiro atoms. The van der Waals surface area contributed by atoms with Crippen molar-refractivity contribution >= 4 is 22.7 Å². The molecular weight excluding hydrogens is 336 g/mol. The molecule has 4 rings (SSSR count). The maximum atomic E-state index is 12.3. The van der Waals surface area contributed by atoms with Crippen LogP contribution in [-0.4, -0.2) is 20.6 Å². The minimum Gasteiger partial charge on any atom is -0.408 e. The van der Waals surface area contributed by atoms with Crippen LogP contribution in [0.15, 0.2) is 62.3 Å². The molecule has 2 aromatic heterocycles. The number of anilines is 1. The number of fused-ring (bicyclic) bond motifs is 1. The molecular formula is C18H14N4O4. The first-order chi connectivity index (χ1) is 12.6. The van der Waals surface area contributed by atoms with E-state index in [4.69, 9.17) is 8.94 Å². The van der Waals surface area contributed by atoms with Gasteiger partial charge in [0.15, 0.2) is 11.4 Å². The lowest BCUT2D eigenvalue weighted by Crippen LogP contribution is -2.24. The van der Waals surface area contributed by atoms with E-state index in [1.165, 1.54) is 4.57 Å². The lowest BCUT2D eigenvalue weighted by Gasteiger charge is -2.06. The van der Waals surface area contributed by atoms with Crippen LogP contribution < -0.4 is 11.1 Å². The van der Waals surface area contributed by atoms with Crippen molar-refractivity contribution in [1.82, 2.24) is 14.7 Å². The van der Waals surface area contributed by atoms with Crippen LogP contribution in [-0.2, 0) is 11.3 Å². The molecule has 26 heavy (non-hydrogen) atoms. The first kappa shape index (κ1) is 15.8. The van der Waals surface area contributed by atoms with Crippen molar-refractivity contribution < 1.29 is 13.7 Å². The summed E-state index contributed by atoms with van der Waals surface area (Å²) in [5.74, 6) is 0.0652. The third-order valence-corrected chi connectivity index (χ3v) is 3.82. The maximum absolute atomic E-state index is 12.3. The molecule has 0 fully saturated rings. The van der Waals surface area contributed by atoms with Gasteiger partial charge in [-0.2, -0.15) is 4.98 Å². The van der Waals surface area contributed by atoms with E-state index in [-0.39, 0.29) is 12.5 Å². The second kappa shape index (κ2) is 6.32. The van der Waals surface area contributed by atoms with Gasteiger partial charge in [0.05, 0.1) is 5.52 Å². The number of carbonyl (C=O) groups excluding carboxylic acids is 1. The second-order valence-electron chi connectivity index (χ2n) is 5.69. The molecule has 0 aliphatic rings. The first-order valence-electron chi connectivity index (χ1n) is 7.89. The number of nitrogens with zero attached hydrogens (tertiary/aromatic N) is 3. The topological polar surface area (TPSA) is 103 Å². The summed E-state index contributed by atoms with van der Waals surface area (Å²) in [6, 6.07) is 13.9. The van der Waals surface area contributed by atoms with Gasteiger partial charge in [-0.15, -0.1) is 0 Å². The molecule has 0 aliphatic carbocycles. The second-order valence-corrected chi connectivity index (χ2v) is 5.69. The minimum atomic E-state index is -0.566. The quantitative estimate of drug-likeness (QED) is 0.607. The Balaban J connectivity index is 1.49. The van der Waals surface area contributed by atoms with Crippen LogP contribution in [0.25, 0.3) is 22.6 Å². The Morgan fingerprint density at radius 1 is 1.15 bits per heavy atom. The van der Waals surface area contributed by atoms with Crippen molar-refractivity contribution in [2.75, 3.05) is 5.32 Å². The molecule has 0 aliphatic heterocycles. The van der Waals surface area contributed by atoms with Crippen LogP contribution >= 0.6 is 0 Å². The van der Waals surface area contributed by atoms with Crippen molar-refractivity contribution in [2.45, 2.75) is 13.5 Å². The number of hydrogen-bond acceptors (Lipinski definition) is 6. The van der Waals surface area contributed by atoms with E-state index in [0.29, 0.717) is 28.5 Å². The number of rotatable bonds is 4. The number of nitrogens with one attached hydrogen (secondary N) is 1. The number of benzene rings is 2. The van der Waals surface area contributed by atoms with E-state index in [1.54, 1.807) is 55.5 Å². The largest absolute Gasteiger partial charge is 0.420 e. The molecule has 130 valence electrons. The van der Waals surface area contributed by atoms with Gasteiger partial charge in [-0.25, -0.2) is 4.79 Å². The van der Waals surface area contributed by atoms with Gasteiger partial charge >= 0.3 is 5.76 Å². The van der Waals surface area contributed by atoms with Crippen LogP contribution in [0.3, 0.4) is 0 Å². The molecule has 0 saturated carbocycles. The zero-order valence-corrected chi connectivity index (χ0v) is 13.8. The van der Waals surface area contributed by atoms with Gasteiger partial charge in [0.1, 0.15) is 6.54 Å². The molecule has 0 radical (unpaired) electrons. The van der Waals surface area contributed by atoms with Gasteiger partial charge in [-0.3, -0.25) is 9.36 Å². The summed E-state index contributed by atoms with van der Waals surface area (Å²) >= 11 is 0. The molecule has 1 N–H and O–H groups in total. The summed E-state index contributed by atoms with van der Waals surface area (Å²) in [6.45, 7) is 1.60. The molecule has 0 atom stereocenters. The highest BCUT2D eigenvalue weighted by Gasteiger charge is 2.13. The molecule has 0 bridgehead atoms. The fourth-order valence-corrected chi connectivity index (χ4v) is 2.62. The fraction of sp³-hybridized carbons (Fsp3) is 0.111. The highest BCUT2D eigenvalue weighted by Crippen LogP contribution is 2.19. The van der Waals surface area contributed by atoms with E-state index in [1.807, 2.05) is 0 Å². The van der Waals surface area contributed by atoms with Crippen LogP contribution in [0.1, 0.15) is 5.82 Å². The van der Waals surface area contributed by atoms with E-state index in [0.717, 1.165) is 5.56 Å². The van der Waals surface area contributed by atoms with Gasteiger partial charge in [0.25, 0.3) is 5.89 Å². The maximum Gasteiger partial charge on any atom is 0.420 e. The summed E-state index contributed by atoms with van der Waals surface area (Å²) in [5.41, 5.74) is 2.37. The summed E-state index contributed by atoms with van der Waals surface area (Å²) in [5, 5.41) is 6.49. The summed E-state index contributed by atoms with van der Waals surface area (Å²) in [6.07, 6.45) is 0. The van der Waals surface area contributed by atoms with Gasteiger partial charge in [-0.05, 0) is 43.3 Å². The fourth-order valence-electron chi connectivity index (χ4n) is 2.62. The molecule has 0 saturated heterocycles. The Labute approximate surface area is 147 Å². The first-order valence-corrected chi connectivity index (χ1v) is 7.89. The minimum absolute atomic E-state index is 0.138. The van der Waals surface area contributed by atoms with Crippen LogP contribution in [0, 0.1) is 6.92 Å². The lowest BCUT2D eigenvalue weighted by atomic mass is 10.2. The average Bonchev–Trinajstić information content (AvgIpc) is 3.19. The SMILES string of the molecule is Cc1noc(-c2ccc(NC(=O)Cn3c(=O)oc4ccccc43)cc2)n1. The van der Waals surface area contributed by atoms with Crippen LogP contribution in [0.4, 0.5) is 5.69 Å². The molecule has 8 nitrogen and oxygen atoms in total. The summed E-state index contributed by atoms with van der Waals surface area (Å²) < 4.78 is 11.5. The third-order valence-electron chi connectivity index (χ3n) is 3.82. The molecule has 8 heteroatoms. The van der Waals surface area contributed by atoms with E-state index < -0.39 is 5.76 Å². The Morgan fingerprint density at radius 3 is 2.65 bits per heavy atom. The zero-order valence-electron chi connectivity index (χ0n) is 13.8. The number of carbonyl (C=O) groups is 1. The summed E-state index contributed by atoms with van der Waals surface area (Å²) in [7, 11) is 0. The average molecular weight is 350 g/mol. The number of aromatic nitrogens is 3. The van der Waals surface area contributed by atoms with Crippen molar-refractivity contribution in [1.29, 1.82) is 0 Å². The monoisotopic (exact) mass is 350 g/mol. The van der Waals surface area contributed by atoms with Crippen molar-refractivity contribution in [3.05, 3.63) is 64.9 Å². The zero-order chi connectivity index (χ0) is 18.1. The Bertz CT molecular complexity index is 1140. The van der Waals surface area contributed by atoms with E-state index in [2.05, 4.69) is 15.5 Å². The predicted molar refractivity (Wildman–Crippen MR) is 93.6 cm³/mol. The lowest BCUT2D eigenvalue weighted by molar-refractivity contribution is -0.116. The Morgan fingerprint density at radius 2 is 1.92 bits per heavy atom. The third kappa shape index (κ3) is 3.00. The standard InChI is InChI=1S/C18H14N4O4/c1-11-19-17(26-21-11)12-6-8-13(9-7-12)20-16(23)10-22-14-4-2-3-5-15(14)25-18(22)24/h2-9H,10H2,1H3,(H,20,23). The normalized spacial score (nSPS) is 11.0. The molecule has 2 aromatic carbocycles. The number of hydrogen-bond donors (Lipinski definition) is 1. The number of para-hydroxylation sites is 2. The number of aryl methyl sites for hydroxylation is 1. The molecule has 4 aromatic rings. The number of oxazole rings is 1. The molecule has 2 heterocycles. The highest BCUT2D eigenvalue weighted by molar-refractivity contribution is 5.91. The molecule has 0 unspecified atom stereocenters. The van der Waals surface area contributed by atoms with Crippen LogP contribution in [0.5, 0.6) is 0 Å². The van der Waals surface area contributed by atoms with Gasteiger partial charge < -0.3 is 14.3 Å². The Hall–Kier alpha value is -3.68. The predicted octanol–water partition coefficient (Wildman–Crippen LogP) is 2.59. The van der Waals surface area contributed by atoms with Crippen molar-refractivity contribution in [3.8, 4) is 11.5 Å². The van der Waals surface area contributed by atoms with Gasteiger partial charge in [0.2, 0.25) is 5.91 Å². The van der Waals surface area contributed by atoms with Gasteiger partial charge in [-0.1, -0.05) is 17.3 Å². The van der Waals surface area contributed by atoms with Crippen LogP contribution in [0.2, 0.25) is 0 Å². The van der Waals surface area contributed by atoms with Crippen molar-refractivity contribution in [3.63, 3.8) is 0 Å². The van der Waals surface area contributed by atoms with Gasteiger partial charge in [0, 0.05) is 11.3 Å². The van der Waals surface area contributed by atoms with E-state index in [9.17, 15) is 9.59 Å². The summed E-state index contributed by atoms with van der Waals surface area (Å²) in [4.78, 5) is 28.4. The Kier molecular flexibility index (Phi) is 3.85. The number of amides is 1. The highest BCUT2D eigenvalue weighted by atomic mass is 16.5. The van der Waals surface area contributed by atoms with E-state index >= 15 is 0 Å².